The minimum absolute atomic E-state index is 0.112. The smallest absolute Gasteiger partial charge is 0.231 e. The van der Waals surface area contributed by atoms with E-state index < -0.39 is 0 Å². The number of likely N-dealkylation sites (N-methyl/N-ethyl adjacent to an activating group) is 1. The van der Waals surface area contributed by atoms with E-state index in [-0.39, 0.29) is 5.91 Å². The highest BCUT2D eigenvalue weighted by molar-refractivity contribution is 5.98. The van der Waals surface area contributed by atoms with E-state index >= 15 is 0 Å². The average Bonchev–Trinajstić information content (AvgIpc) is 2.48. The summed E-state index contributed by atoms with van der Waals surface area (Å²) in [7, 11) is 2.05. The lowest BCUT2D eigenvalue weighted by Gasteiger charge is -2.35. The van der Waals surface area contributed by atoms with Crippen molar-refractivity contribution in [3.05, 3.63) is 54.1 Å². The van der Waals surface area contributed by atoms with Crippen molar-refractivity contribution < 1.29 is 4.79 Å². The molecule has 2 aromatic rings. The number of nitrogens with two attached hydrogens (primary N) is 1. The number of hydrogen-bond donors (Lipinski definition) is 1. The third-order valence-electron chi connectivity index (χ3n) is 3.85. The quantitative estimate of drug-likeness (QED) is 0.859. The van der Waals surface area contributed by atoms with E-state index in [0.717, 1.165) is 23.5 Å². The van der Waals surface area contributed by atoms with Gasteiger partial charge in [-0.15, -0.1) is 0 Å². The summed E-state index contributed by atoms with van der Waals surface area (Å²) in [4.78, 5) is 16.7. The molecule has 0 aliphatic carbocycles. The Hall–Kier alpha value is -2.49. The summed E-state index contributed by atoms with van der Waals surface area (Å²) in [6, 6.07) is 15.5. The van der Waals surface area contributed by atoms with Crippen molar-refractivity contribution in [2.75, 3.05) is 35.7 Å². The number of para-hydroxylation sites is 2. The Bertz CT molecular complexity index is 669. The molecule has 0 bridgehead atoms. The third-order valence-corrected chi connectivity index (χ3v) is 3.85. The molecule has 108 valence electrons. The number of fused-ring (bicyclic) bond motifs is 1. The first kappa shape index (κ1) is 13.5. The van der Waals surface area contributed by atoms with Crippen LogP contribution in [0.3, 0.4) is 0 Å². The highest BCUT2D eigenvalue weighted by Gasteiger charge is 2.24. The summed E-state index contributed by atoms with van der Waals surface area (Å²) < 4.78 is 0. The number of nitrogens with zero attached hydrogens (tertiary/aromatic N) is 2. The summed E-state index contributed by atoms with van der Waals surface area (Å²) in [5, 5.41) is 0. The van der Waals surface area contributed by atoms with Crippen molar-refractivity contribution in [1.82, 2.24) is 0 Å². The van der Waals surface area contributed by atoms with Gasteiger partial charge in [0.15, 0.2) is 0 Å². The van der Waals surface area contributed by atoms with Gasteiger partial charge in [0.2, 0.25) is 5.91 Å². The van der Waals surface area contributed by atoms with E-state index in [9.17, 15) is 4.79 Å². The van der Waals surface area contributed by atoms with E-state index in [4.69, 9.17) is 5.73 Å². The zero-order chi connectivity index (χ0) is 14.8. The van der Waals surface area contributed by atoms with Crippen molar-refractivity contribution >= 4 is 23.0 Å². The van der Waals surface area contributed by atoms with Crippen LogP contribution in [0.25, 0.3) is 0 Å². The molecule has 0 saturated heterocycles. The van der Waals surface area contributed by atoms with Gasteiger partial charge in [0.05, 0.1) is 17.8 Å². The van der Waals surface area contributed by atoms with Crippen molar-refractivity contribution in [2.24, 2.45) is 0 Å². The first-order chi connectivity index (χ1) is 10.1. The maximum atomic E-state index is 12.6. The van der Waals surface area contributed by atoms with Gasteiger partial charge < -0.3 is 15.5 Å². The fraction of sp³-hybridized carbons (Fsp3) is 0.235. The van der Waals surface area contributed by atoms with Crippen LogP contribution in [0.15, 0.2) is 48.5 Å². The standard InChI is InChI=1S/C17H19N3O/c1-19-9-10-20(16-8-3-2-7-15(16)19)17(21)12-13-5-4-6-14(18)11-13/h2-8,11H,9-10,12,18H2,1H3. The Morgan fingerprint density at radius 1 is 1.10 bits per heavy atom. The molecular weight excluding hydrogens is 262 g/mol. The average molecular weight is 281 g/mol. The normalized spacial score (nSPS) is 14.0. The summed E-state index contributed by atoms with van der Waals surface area (Å²) in [5.74, 6) is 0.112. The van der Waals surface area contributed by atoms with E-state index in [1.165, 1.54) is 0 Å². The molecule has 1 aliphatic rings. The second-order valence-corrected chi connectivity index (χ2v) is 5.38. The Kier molecular flexibility index (Phi) is 3.52. The lowest BCUT2D eigenvalue weighted by atomic mass is 10.1. The van der Waals surface area contributed by atoms with E-state index in [1.54, 1.807) is 0 Å². The van der Waals surface area contributed by atoms with Crippen molar-refractivity contribution in [1.29, 1.82) is 0 Å². The molecule has 2 aromatic carbocycles. The summed E-state index contributed by atoms with van der Waals surface area (Å²) in [6.45, 7) is 1.56. The zero-order valence-corrected chi connectivity index (χ0v) is 12.1. The Labute approximate surface area is 124 Å². The number of carbonyl (C=O) groups is 1. The largest absolute Gasteiger partial charge is 0.399 e. The van der Waals surface area contributed by atoms with E-state index in [2.05, 4.69) is 18.0 Å². The molecule has 0 unspecified atom stereocenters. The molecule has 1 amide bonds. The molecule has 2 N–H and O–H groups in total. The molecular formula is C17H19N3O. The van der Waals surface area contributed by atoms with Crippen LogP contribution in [0.2, 0.25) is 0 Å². The second-order valence-electron chi connectivity index (χ2n) is 5.38. The second kappa shape index (κ2) is 5.48. The van der Waals surface area contributed by atoms with Gasteiger partial charge in [-0.2, -0.15) is 0 Å². The first-order valence-electron chi connectivity index (χ1n) is 7.10. The number of benzene rings is 2. The summed E-state index contributed by atoms with van der Waals surface area (Å²) in [5.41, 5.74) is 9.51. The molecule has 0 aromatic heterocycles. The van der Waals surface area contributed by atoms with Gasteiger partial charge in [0.1, 0.15) is 0 Å². The van der Waals surface area contributed by atoms with Crippen LogP contribution in [-0.2, 0) is 11.2 Å². The van der Waals surface area contributed by atoms with Gasteiger partial charge in [0.25, 0.3) is 0 Å². The van der Waals surface area contributed by atoms with Crippen LogP contribution < -0.4 is 15.5 Å². The summed E-state index contributed by atoms with van der Waals surface area (Å²) >= 11 is 0. The van der Waals surface area contributed by atoms with Crippen molar-refractivity contribution in [3.63, 3.8) is 0 Å². The van der Waals surface area contributed by atoms with Gasteiger partial charge in [-0.1, -0.05) is 24.3 Å². The highest BCUT2D eigenvalue weighted by atomic mass is 16.2. The number of hydrogen-bond acceptors (Lipinski definition) is 3. The molecule has 3 rings (SSSR count). The number of nitrogen functional groups attached to an aromatic ring is 1. The molecule has 1 aliphatic heterocycles. The van der Waals surface area contributed by atoms with Crippen molar-refractivity contribution in [3.8, 4) is 0 Å². The van der Waals surface area contributed by atoms with Crippen LogP contribution in [0, 0.1) is 0 Å². The van der Waals surface area contributed by atoms with Gasteiger partial charge in [-0.25, -0.2) is 0 Å². The monoisotopic (exact) mass is 281 g/mol. The van der Waals surface area contributed by atoms with Crippen LogP contribution in [0.1, 0.15) is 5.56 Å². The lowest BCUT2D eigenvalue weighted by Crippen LogP contribution is -2.43. The minimum Gasteiger partial charge on any atom is -0.399 e. The number of amides is 1. The molecule has 0 atom stereocenters. The number of anilines is 3. The molecule has 21 heavy (non-hydrogen) atoms. The Morgan fingerprint density at radius 3 is 2.62 bits per heavy atom. The predicted octanol–water partition coefficient (Wildman–Crippen LogP) is 2.29. The fourth-order valence-electron chi connectivity index (χ4n) is 2.74. The topological polar surface area (TPSA) is 49.6 Å². The predicted molar refractivity (Wildman–Crippen MR) is 86.6 cm³/mol. The molecule has 4 nitrogen and oxygen atoms in total. The van der Waals surface area contributed by atoms with Gasteiger partial charge in [-0.05, 0) is 29.8 Å². The van der Waals surface area contributed by atoms with Gasteiger partial charge in [-0.3, -0.25) is 4.79 Å². The highest BCUT2D eigenvalue weighted by Crippen LogP contribution is 2.32. The molecule has 0 spiro atoms. The first-order valence-corrected chi connectivity index (χ1v) is 7.10. The summed E-state index contributed by atoms with van der Waals surface area (Å²) in [6.07, 6.45) is 0.378. The molecule has 4 heteroatoms. The van der Waals surface area contributed by atoms with Crippen LogP contribution in [0.4, 0.5) is 17.1 Å². The van der Waals surface area contributed by atoms with Crippen molar-refractivity contribution in [2.45, 2.75) is 6.42 Å². The third kappa shape index (κ3) is 2.70. The van der Waals surface area contributed by atoms with E-state index in [1.807, 2.05) is 47.4 Å². The lowest BCUT2D eigenvalue weighted by molar-refractivity contribution is -0.118. The molecule has 1 heterocycles. The zero-order valence-electron chi connectivity index (χ0n) is 12.1. The van der Waals surface area contributed by atoms with E-state index in [0.29, 0.717) is 18.7 Å². The molecule has 0 saturated carbocycles. The SMILES string of the molecule is CN1CCN(C(=O)Cc2cccc(N)c2)c2ccccc21. The number of carbonyl (C=O) groups excluding carboxylic acids is 1. The maximum Gasteiger partial charge on any atom is 0.231 e. The number of rotatable bonds is 2. The maximum absolute atomic E-state index is 12.6. The van der Waals surface area contributed by atoms with Gasteiger partial charge >= 0.3 is 0 Å². The molecule has 0 radical (unpaired) electrons. The Balaban J connectivity index is 1.84. The fourth-order valence-corrected chi connectivity index (χ4v) is 2.74. The molecule has 0 fully saturated rings. The van der Waals surface area contributed by atoms with Crippen LogP contribution in [0.5, 0.6) is 0 Å². The van der Waals surface area contributed by atoms with Crippen LogP contribution >= 0.6 is 0 Å². The minimum atomic E-state index is 0.112. The van der Waals surface area contributed by atoms with Gasteiger partial charge in [0, 0.05) is 25.8 Å². The Morgan fingerprint density at radius 2 is 1.86 bits per heavy atom. The van der Waals surface area contributed by atoms with Crippen LogP contribution in [-0.4, -0.2) is 26.0 Å².